The molecule has 1 aliphatic rings. The smallest absolute Gasteiger partial charge is 0.253 e. The minimum absolute atomic E-state index is 0.114. The van der Waals surface area contributed by atoms with E-state index in [9.17, 15) is 5.21 Å². The molecule has 9 nitrogen and oxygen atoms in total. The van der Waals surface area contributed by atoms with Gasteiger partial charge in [0.15, 0.2) is 0 Å². The highest BCUT2D eigenvalue weighted by Gasteiger charge is 2.22. The van der Waals surface area contributed by atoms with Gasteiger partial charge in [-0.25, -0.2) is 5.48 Å². The molecule has 0 saturated carbocycles. The van der Waals surface area contributed by atoms with E-state index >= 15 is 0 Å². The van der Waals surface area contributed by atoms with Crippen LogP contribution in [0.25, 0.3) is 0 Å². The van der Waals surface area contributed by atoms with Crippen molar-refractivity contribution >= 4 is 23.5 Å². The molecule has 4 rings (SSSR count). The first-order chi connectivity index (χ1) is 14.8. The van der Waals surface area contributed by atoms with Crippen LogP contribution >= 0.6 is 0 Å². The Bertz CT molecular complexity index is 963. The average Bonchev–Trinajstić information content (AvgIpc) is 2.83. The Kier molecular flexibility index (Phi) is 6.09. The number of rotatable bonds is 7. The van der Waals surface area contributed by atoms with Gasteiger partial charge < -0.3 is 19.9 Å². The summed E-state index contributed by atoms with van der Waals surface area (Å²) in [6.45, 7) is 3.67. The molecule has 1 fully saturated rings. The van der Waals surface area contributed by atoms with Crippen LogP contribution in [0.5, 0.6) is 5.75 Å². The summed E-state index contributed by atoms with van der Waals surface area (Å²) in [6, 6.07) is 18.0. The number of aromatic nitrogens is 3. The van der Waals surface area contributed by atoms with Crippen molar-refractivity contribution in [1.29, 1.82) is 0 Å². The maximum atomic E-state index is 9.35. The molecule has 0 unspecified atom stereocenters. The van der Waals surface area contributed by atoms with Crippen molar-refractivity contribution in [1.82, 2.24) is 15.0 Å². The van der Waals surface area contributed by atoms with E-state index in [-0.39, 0.29) is 5.95 Å². The van der Waals surface area contributed by atoms with E-state index in [4.69, 9.17) is 4.74 Å². The van der Waals surface area contributed by atoms with Crippen molar-refractivity contribution in [3.63, 3.8) is 0 Å². The zero-order valence-corrected chi connectivity index (χ0v) is 16.8. The van der Waals surface area contributed by atoms with Crippen LogP contribution in [-0.4, -0.2) is 53.4 Å². The van der Waals surface area contributed by atoms with Gasteiger partial charge in [0.25, 0.3) is 5.95 Å². The number of nitrogens with zero attached hydrogens (tertiary/aromatic N) is 5. The summed E-state index contributed by atoms with van der Waals surface area (Å²) in [6.07, 6.45) is 0. The zero-order chi connectivity index (χ0) is 20.8. The molecule has 0 bridgehead atoms. The summed E-state index contributed by atoms with van der Waals surface area (Å²) in [4.78, 5) is 17.4. The molecule has 1 saturated heterocycles. The van der Waals surface area contributed by atoms with Crippen molar-refractivity contribution in [2.24, 2.45) is 0 Å². The second kappa shape index (κ2) is 9.27. The Labute approximate surface area is 175 Å². The Morgan fingerprint density at radius 3 is 2.27 bits per heavy atom. The minimum atomic E-state index is 0.114. The SMILES string of the molecule is COc1ccccc1N1CCN(c2nc(NO)nc(NCc3ccccc3)n2)CC1. The standard InChI is InChI=1S/C21H25N7O2/c1-30-18-10-6-5-9-17(18)27-11-13-28(14-12-27)21-24-19(23-20(25-21)26-29)22-15-16-7-3-2-4-8-16/h2-10,29H,11-15H2,1H3,(H2,22,23,24,25,26). The van der Waals surface area contributed by atoms with Crippen molar-refractivity contribution in [2.75, 3.05) is 53.9 Å². The van der Waals surface area contributed by atoms with Gasteiger partial charge in [0.2, 0.25) is 11.9 Å². The number of anilines is 4. The van der Waals surface area contributed by atoms with Crippen LogP contribution in [0.4, 0.5) is 23.5 Å². The Morgan fingerprint density at radius 2 is 1.53 bits per heavy atom. The maximum Gasteiger partial charge on any atom is 0.253 e. The molecule has 2 heterocycles. The summed E-state index contributed by atoms with van der Waals surface area (Å²) in [7, 11) is 1.69. The molecule has 0 radical (unpaired) electrons. The number of piperazine rings is 1. The van der Waals surface area contributed by atoms with Crippen LogP contribution < -0.4 is 25.3 Å². The van der Waals surface area contributed by atoms with E-state index in [1.807, 2.05) is 54.0 Å². The number of nitrogens with one attached hydrogen (secondary N) is 2. The summed E-state index contributed by atoms with van der Waals surface area (Å²) in [5, 5.41) is 12.5. The fraction of sp³-hybridized carbons (Fsp3) is 0.286. The number of benzene rings is 2. The number of hydrogen-bond acceptors (Lipinski definition) is 9. The van der Waals surface area contributed by atoms with Gasteiger partial charge in [0.05, 0.1) is 12.8 Å². The first kappa shape index (κ1) is 19.7. The van der Waals surface area contributed by atoms with E-state index in [1.54, 1.807) is 7.11 Å². The molecule has 3 aromatic rings. The van der Waals surface area contributed by atoms with Gasteiger partial charge in [-0.1, -0.05) is 42.5 Å². The summed E-state index contributed by atoms with van der Waals surface area (Å²) < 4.78 is 5.49. The molecular formula is C21H25N7O2. The van der Waals surface area contributed by atoms with Gasteiger partial charge in [0.1, 0.15) is 5.75 Å². The number of para-hydroxylation sites is 2. The molecule has 1 aromatic heterocycles. The highest BCUT2D eigenvalue weighted by Crippen LogP contribution is 2.29. The van der Waals surface area contributed by atoms with Crippen LogP contribution in [0.2, 0.25) is 0 Å². The predicted octanol–water partition coefficient (Wildman–Crippen LogP) is 2.62. The molecular weight excluding hydrogens is 382 g/mol. The number of ether oxygens (including phenoxy) is 1. The Morgan fingerprint density at radius 1 is 0.867 bits per heavy atom. The second-order valence-electron chi connectivity index (χ2n) is 6.88. The quantitative estimate of drug-likeness (QED) is 0.511. The van der Waals surface area contributed by atoms with Gasteiger partial charge in [0, 0.05) is 32.7 Å². The van der Waals surface area contributed by atoms with Crippen LogP contribution in [-0.2, 0) is 6.54 Å². The zero-order valence-electron chi connectivity index (χ0n) is 16.8. The third-order valence-corrected chi connectivity index (χ3v) is 5.01. The topological polar surface area (TPSA) is 98.7 Å². The first-order valence-electron chi connectivity index (χ1n) is 9.83. The van der Waals surface area contributed by atoms with Crippen LogP contribution in [0, 0.1) is 0 Å². The summed E-state index contributed by atoms with van der Waals surface area (Å²) in [5.41, 5.74) is 4.23. The third-order valence-electron chi connectivity index (χ3n) is 5.01. The lowest BCUT2D eigenvalue weighted by Crippen LogP contribution is -2.47. The van der Waals surface area contributed by atoms with E-state index in [1.165, 1.54) is 0 Å². The first-order valence-corrected chi connectivity index (χ1v) is 9.83. The van der Waals surface area contributed by atoms with Gasteiger partial charge in [-0.05, 0) is 17.7 Å². The van der Waals surface area contributed by atoms with Crippen LogP contribution in [0.3, 0.4) is 0 Å². The number of hydrogen-bond donors (Lipinski definition) is 3. The normalized spacial score (nSPS) is 13.8. The predicted molar refractivity (Wildman–Crippen MR) is 116 cm³/mol. The van der Waals surface area contributed by atoms with E-state index in [0.717, 1.165) is 43.2 Å². The lowest BCUT2D eigenvalue weighted by atomic mass is 10.2. The lowest BCUT2D eigenvalue weighted by molar-refractivity contribution is 0.382. The minimum Gasteiger partial charge on any atom is -0.495 e. The fourth-order valence-corrected chi connectivity index (χ4v) is 3.45. The molecule has 1 aliphatic heterocycles. The highest BCUT2D eigenvalue weighted by atomic mass is 16.5. The van der Waals surface area contributed by atoms with Gasteiger partial charge in [-0.3, -0.25) is 5.21 Å². The van der Waals surface area contributed by atoms with Gasteiger partial charge >= 0.3 is 0 Å². The molecule has 0 spiro atoms. The molecule has 2 aromatic carbocycles. The third kappa shape index (κ3) is 4.52. The maximum absolute atomic E-state index is 9.35. The lowest BCUT2D eigenvalue weighted by Gasteiger charge is -2.36. The van der Waals surface area contributed by atoms with Crippen molar-refractivity contribution in [2.45, 2.75) is 6.54 Å². The fourth-order valence-electron chi connectivity index (χ4n) is 3.45. The molecule has 0 amide bonds. The Balaban J connectivity index is 1.45. The van der Waals surface area contributed by atoms with Crippen LogP contribution in [0.1, 0.15) is 5.56 Å². The number of methoxy groups -OCH3 is 1. The van der Waals surface area contributed by atoms with Crippen molar-refractivity contribution < 1.29 is 9.94 Å². The molecule has 3 N–H and O–H groups in total. The largest absolute Gasteiger partial charge is 0.495 e. The van der Waals surface area contributed by atoms with Crippen molar-refractivity contribution in [3.05, 3.63) is 60.2 Å². The van der Waals surface area contributed by atoms with Crippen LogP contribution in [0.15, 0.2) is 54.6 Å². The van der Waals surface area contributed by atoms with E-state index < -0.39 is 0 Å². The highest BCUT2D eigenvalue weighted by molar-refractivity contribution is 5.59. The van der Waals surface area contributed by atoms with E-state index in [2.05, 4.69) is 36.1 Å². The average molecular weight is 407 g/mol. The second-order valence-corrected chi connectivity index (χ2v) is 6.88. The molecule has 30 heavy (non-hydrogen) atoms. The monoisotopic (exact) mass is 407 g/mol. The summed E-state index contributed by atoms with van der Waals surface area (Å²) in [5.74, 6) is 1.91. The van der Waals surface area contributed by atoms with Gasteiger partial charge in [-0.15, -0.1) is 0 Å². The molecule has 156 valence electrons. The summed E-state index contributed by atoms with van der Waals surface area (Å²) >= 11 is 0. The van der Waals surface area contributed by atoms with Gasteiger partial charge in [-0.2, -0.15) is 15.0 Å². The van der Waals surface area contributed by atoms with E-state index in [0.29, 0.717) is 18.4 Å². The molecule has 0 aliphatic carbocycles. The Hall–Kier alpha value is -3.59. The van der Waals surface area contributed by atoms with Crippen molar-refractivity contribution in [3.8, 4) is 5.75 Å². The molecule has 9 heteroatoms. The molecule has 0 atom stereocenters.